The van der Waals surface area contributed by atoms with Gasteiger partial charge in [0.2, 0.25) is 0 Å². The van der Waals surface area contributed by atoms with E-state index in [0.29, 0.717) is 0 Å². The second-order valence-corrected chi connectivity index (χ2v) is 4.01. The van der Waals surface area contributed by atoms with Crippen LogP contribution < -0.4 is 5.32 Å². The Balaban J connectivity index is 2.59. The molecule has 0 unspecified atom stereocenters. The van der Waals surface area contributed by atoms with Crippen molar-refractivity contribution in [2.75, 3.05) is 7.05 Å². The number of carboxylic acids is 1. The average Bonchev–Trinajstić information content (AvgIpc) is 2.95. The molecule has 0 radical (unpaired) electrons. The Morgan fingerprint density at radius 3 is 2.67 bits per heavy atom. The van der Waals surface area contributed by atoms with Gasteiger partial charge in [-0.15, -0.1) is 0 Å². The summed E-state index contributed by atoms with van der Waals surface area (Å²) in [5, 5.41) is 22.3. The summed E-state index contributed by atoms with van der Waals surface area (Å²) < 4.78 is 1.19. The monoisotopic (exact) mass is 290 g/mol. The number of hydrogen-bond acceptors (Lipinski definition) is 5. The molecule has 2 rings (SSSR count). The first-order chi connectivity index (χ1) is 9.93. The lowest BCUT2D eigenvalue weighted by Gasteiger charge is -2.06. The number of nitro groups is 1. The molecule has 108 valence electrons. The zero-order chi connectivity index (χ0) is 15.6. The smallest absolute Gasteiger partial charge is 0.356 e. The van der Waals surface area contributed by atoms with Crippen LogP contribution in [0.15, 0.2) is 30.7 Å². The number of nitrogens with zero attached hydrogens (tertiary/aromatic N) is 3. The van der Waals surface area contributed by atoms with E-state index in [1.807, 2.05) is 0 Å². The Labute approximate surface area is 118 Å². The van der Waals surface area contributed by atoms with Gasteiger partial charge in [0.05, 0.1) is 4.92 Å². The van der Waals surface area contributed by atoms with Crippen molar-refractivity contribution in [1.82, 2.24) is 14.9 Å². The molecule has 1 amide bonds. The number of aromatic nitrogens is 2. The molecule has 0 aliphatic heterocycles. The van der Waals surface area contributed by atoms with Gasteiger partial charge in [0.25, 0.3) is 11.6 Å². The molecular formula is C12H10N4O5. The topological polar surface area (TPSA) is 127 Å². The maximum Gasteiger partial charge on any atom is 0.356 e. The predicted molar refractivity (Wildman–Crippen MR) is 70.6 cm³/mol. The zero-order valence-corrected chi connectivity index (χ0v) is 10.8. The molecule has 1 heterocycles. The number of rotatable bonds is 4. The van der Waals surface area contributed by atoms with Crippen LogP contribution in [-0.4, -0.2) is 38.5 Å². The van der Waals surface area contributed by atoms with E-state index in [-0.39, 0.29) is 22.6 Å². The van der Waals surface area contributed by atoms with Gasteiger partial charge in [0.15, 0.2) is 5.69 Å². The third-order valence-electron chi connectivity index (χ3n) is 2.74. The fourth-order valence-corrected chi connectivity index (χ4v) is 1.74. The van der Waals surface area contributed by atoms with E-state index < -0.39 is 16.8 Å². The molecule has 0 fully saturated rings. The van der Waals surface area contributed by atoms with Gasteiger partial charge in [-0.2, -0.15) is 0 Å². The lowest BCUT2D eigenvalue weighted by molar-refractivity contribution is -0.384. The molecule has 0 spiro atoms. The summed E-state index contributed by atoms with van der Waals surface area (Å²) in [6.45, 7) is 0. The van der Waals surface area contributed by atoms with E-state index in [1.165, 1.54) is 29.8 Å². The molecule has 2 N–H and O–H groups in total. The van der Waals surface area contributed by atoms with E-state index in [1.54, 1.807) is 0 Å². The third kappa shape index (κ3) is 2.71. The summed E-state index contributed by atoms with van der Waals surface area (Å²) in [4.78, 5) is 36.5. The molecule has 1 aromatic carbocycles. The number of carboxylic acid groups (broad SMARTS) is 1. The number of aromatic carboxylic acids is 1. The van der Waals surface area contributed by atoms with E-state index in [2.05, 4.69) is 10.3 Å². The fraction of sp³-hybridized carbons (Fsp3) is 0.0833. The normalized spacial score (nSPS) is 10.1. The van der Waals surface area contributed by atoms with Crippen molar-refractivity contribution >= 4 is 17.6 Å². The SMILES string of the molecule is CNC(=O)c1ccc([N+](=O)[O-])c(-n2cnc(C(=O)O)c2)c1. The molecule has 2 aromatic rings. The molecule has 21 heavy (non-hydrogen) atoms. The summed E-state index contributed by atoms with van der Waals surface area (Å²) in [6.07, 6.45) is 2.28. The van der Waals surface area contributed by atoms with Crippen molar-refractivity contribution in [2.24, 2.45) is 0 Å². The van der Waals surface area contributed by atoms with Crippen molar-refractivity contribution in [3.05, 3.63) is 52.1 Å². The second-order valence-electron chi connectivity index (χ2n) is 4.01. The highest BCUT2D eigenvalue weighted by Crippen LogP contribution is 2.24. The van der Waals surface area contributed by atoms with Gasteiger partial charge in [-0.05, 0) is 12.1 Å². The Bertz CT molecular complexity index is 737. The summed E-state index contributed by atoms with van der Waals surface area (Å²) in [5.74, 6) is -1.66. The van der Waals surface area contributed by atoms with Gasteiger partial charge in [-0.25, -0.2) is 9.78 Å². The van der Waals surface area contributed by atoms with Crippen LogP contribution in [0.3, 0.4) is 0 Å². The number of nitro benzene ring substituents is 1. The number of carbonyl (C=O) groups excluding carboxylic acids is 1. The van der Waals surface area contributed by atoms with Gasteiger partial charge in [-0.3, -0.25) is 19.5 Å². The third-order valence-corrected chi connectivity index (χ3v) is 2.74. The number of carbonyl (C=O) groups is 2. The molecule has 0 aliphatic rings. The van der Waals surface area contributed by atoms with Crippen molar-refractivity contribution in [1.29, 1.82) is 0 Å². The highest BCUT2D eigenvalue weighted by atomic mass is 16.6. The van der Waals surface area contributed by atoms with Crippen LogP contribution in [0.2, 0.25) is 0 Å². The standard InChI is InChI=1S/C12H10N4O5/c1-13-11(17)7-2-3-9(16(20)21)10(4-7)15-5-8(12(18)19)14-6-15/h2-6H,1H3,(H,13,17)(H,18,19). The summed E-state index contributed by atoms with van der Waals surface area (Å²) >= 11 is 0. The minimum Gasteiger partial charge on any atom is -0.476 e. The van der Waals surface area contributed by atoms with Crippen LogP contribution in [0.4, 0.5) is 5.69 Å². The van der Waals surface area contributed by atoms with Crippen molar-refractivity contribution in [3.63, 3.8) is 0 Å². The quantitative estimate of drug-likeness (QED) is 0.634. The largest absolute Gasteiger partial charge is 0.476 e. The zero-order valence-electron chi connectivity index (χ0n) is 10.8. The molecule has 0 bridgehead atoms. The van der Waals surface area contributed by atoms with E-state index in [0.717, 1.165) is 12.5 Å². The number of nitrogens with one attached hydrogen (secondary N) is 1. The van der Waals surface area contributed by atoms with Crippen molar-refractivity contribution < 1.29 is 19.6 Å². The van der Waals surface area contributed by atoms with Crippen LogP contribution in [0, 0.1) is 10.1 Å². The Morgan fingerprint density at radius 2 is 2.14 bits per heavy atom. The van der Waals surface area contributed by atoms with Gasteiger partial charge in [-0.1, -0.05) is 0 Å². The van der Waals surface area contributed by atoms with E-state index in [9.17, 15) is 19.7 Å². The van der Waals surface area contributed by atoms with Crippen molar-refractivity contribution in [2.45, 2.75) is 0 Å². The molecule has 0 atom stereocenters. The average molecular weight is 290 g/mol. The Hall–Kier alpha value is -3.23. The highest BCUT2D eigenvalue weighted by Gasteiger charge is 2.19. The molecule has 0 saturated carbocycles. The first-order valence-electron chi connectivity index (χ1n) is 5.72. The van der Waals surface area contributed by atoms with E-state index >= 15 is 0 Å². The van der Waals surface area contributed by atoms with Crippen molar-refractivity contribution in [3.8, 4) is 5.69 Å². The van der Waals surface area contributed by atoms with Gasteiger partial charge in [0.1, 0.15) is 12.0 Å². The molecular weight excluding hydrogens is 280 g/mol. The first-order valence-corrected chi connectivity index (χ1v) is 5.72. The Morgan fingerprint density at radius 1 is 1.43 bits per heavy atom. The Kier molecular flexibility index (Phi) is 3.65. The lowest BCUT2D eigenvalue weighted by Crippen LogP contribution is -2.18. The summed E-state index contributed by atoms with van der Waals surface area (Å²) in [6, 6.07) is 3.79. The minimum atomic E-state index is -1.25. The van der Waals surface area contributed by atoms with Gasteiger partial charge in [0, 0.05) is 24.9 Å². The molecule has 9 nitrogen and oxygen atoms in total. The number of hydrogen-bond donors (Lipinski definition) is 2. The maximum atomic E-state index is 11.6. The van der Waals surface area contributed by atoms with Gasteiger partial charge < -0.3 is 10.4 Å². The summed E-state index contributed by atoms with van der Waals surface area (Å²) in [5.41, 5.74) is -0.253. The predicted octanol–water partition coefficient (Wildman–Crippen LogP) is 0.838. The van der Waals surface area contributed by atoms with Crippen LogP contribution in [-0.2, 0) is 0 Å². The van der Waals surface area contributed by atoms with Gasteiger partial charge >= 0.3 is 5.97 Å². The molecule has 0 saturated heterocycles. The maximum absolute atomic E-state index is 11.6. The second kappa shape index (κ2) is 5.41. The minimum absolute atomic E-state index is 0.0566. The fourth-order valence-electron chi connectivity index (χ4n) is 1.74. The van der Waals surface area contributed by atoms with Crippen LogP contribution in [0.5, 0.6) is 0 Å². The lowest BCUT2D eigenvalue weighted by atomic mass is 10.1. The number of imidazole rings is 1. The molecule has 9 heteroatoms. The highest BCUT2D eigenvalue weighted by molar-refractivity contribution is 5.95. The van der Waals surface area contributed by atoms with Crippen LogP contribution in [0.1, 0.15) is 20.8 Å². The van der Waals surface area contributed by atoms with E-state index in [4.69, 9.17) is 5.11 Å². The van der Waals surface area contributed by atoms with Crippen LogP contribution in [0.25, 0.3) is 5.69 Å². The number of amides is 1. The molecule has 0 aliphatic carbocycles. The van der Waals surface area contributed by atoms with Crippen LogP contribution >= 0.6 is 0 Å². The first kappa shape index (κ1) is 14.2. The molecule has 1 aromatic heterocycles. The summed E-state index contributed by atoms with van der Waals surface area (Å²) in [7, 11) is 1.43. The number of benzene rings is 1.